The molecule has 0 amide bonds. The van der Waals surface area contributed by atoms with Crippen LogP contribution in [0.1, 0.15) is 24.5 Å². The Bertz CT molecular complexity index is 427. The van der Waals surface area contributed by atoms with Crippen LogP contribution in [0, 0.1) is 6.92 Å². The zero-order valence-electron chi connectivity index (χ0n) is 11.0. The first-order chi connectivity index (χ1) is 8.65. The standard InChI is InChI=1S/C12H19BrN4O/c1-4-17-5-6-18-9(7-17)11-15-8(2)10(13)12(14-3)16-11/h9H,4-7H2,1-3H3,(H,14,15,16). The van der Waals surface area contributed by atoms with Crippen LogP contribution in [0.15, 0.2) is 4.47 Å². The second kappa shape index (κ2) is 5.95. The Labute approximate surface area is 116 Å². The van der Waals surface area contributed by atoms with Gasteiger partial charge >= 0.3 is 0 Å². The number of aromatic nitrogens is 2. The summed E-state index contributed by atoms with van der Waals surface area (Å²) in [7, 11) is 1.86. The van der Waals surface area contributed by atoms with Gasteiger partial charge in [-0.05, 0) is 29.4 Å². The maximum atomic E-state index is 5.78. The lowest BCUT2D eigenvalue weighted by atomic mass is 10.2. The molecular formula is C12H19BrN4O. The Morgan fingerprint density at radius 2 is 2.28 bits per heavy atom. The van der Waals surface area contributed by atoms with Crippen molar-refractivity contribution in [2.45, 2.75) is 20.0 Å². The van der Waals surface area contributed by atoms with E-state index in [0.717, 1.165) is 48.1 Å². The van der Waals surface area contributed by atoms with Crippen molar-refractivity contribution in [3.8, 4) is 0 Å². The average molecular weight is 315 g/mol. The van der Waals surface area contributed by atoms with Crippen molar-refractivity contribution in [3.63, 3.8) is 0 Å². The zero-order valence-corrected chi connectivity index (χ0v) is 12.6. The smallest absolute Gasteiger partial charge is 0.161 e. The maximum absolute atomic E-state index is 5.78. The molecule has 0 bridgehead atoms. The van der Waals surface area contributed by atoms with Gasteiger partial charge in [0, 0.05) is 20.1 Å². The monoisotopic (exact) mass is 314 g/mol. The van der Waals surface area contributed by atoms with Crippen LogP contribution in [0.25, 0.3) is 0 Å². The second-order valence-electron chi connectivity index (χ2n) is 4.33. The minimum absolute atomic E-state index is 0.0300. The summed E-state index contributed by atoms with van der Waals surface area (Å²) < 4.78 is 6.69. The number of likely N-dealkylation sites (N-methyl/N-ethyl adjacent to an activating group) is 1. The molecule has 2 rings (SSSR count). The highest BCUT2D eigenvalue weighted by Crippen LogP contribution is 2.26. The Balaban J connectivity index is 2.24. The molecule has 18 heavy (non-hydrogen) atoms. The third-order valence-corrected chi connectivity index (χ3v) is 4.11. The minimum Gasteiger partial charge on any atom is -0.372 e. The molecule has 5 nitrogen and oxygen atoms in total. The first-order valence-electron chi connectivity index (χ1n) is 6.21. The number of aryl methyl sites for hydroxylation is 1. The van der Waals surface area contributed by atoms with Gasteiger partial charge in [-0.15, -0.1) is 0 Å². The average Bonchev–Trinajstić information content (AvgIpc) is 2.41. The molecule has 1 atom stereocenters. The number of ether oxygens (including phenoxy) is 1. The van der Waals surface area contributed by atoms with Gasteiger partial charge < -0.3 is 10.1 Å². The highest BCUT2D eigenvalue weighted by Gasteiger charge is 2.24. The molecule has 0 aliphatic carbocycles. The van der Waals surface area contributed by atoms with E-state index in [-0.39, 0.29) is 6.10 Å². The molecule has 6 heteroatoms. The summed E-state index contributed by atoms with van der Waals surface area (Å²) in [5.74, 6) is 1.58. The van der Waals surface area contributed by atoms with E-state index < -0.39 is 0 Å². The molecule has 0 saturated carbocycles. The fraction of sp³-hybridized carbons (Fsp3) is 0.667. The molecule has 1 fully saturated rings. The van der Waals surface area contributed by atoms with Crippen LogP contribution < -0.4 is 5.32 Å². The van der Waals surface area contributed by atoms with Gasteiger partial charge in [0.1, 0.15) is 11.9 Å². The van der Waals surface area contributed by atoms with Crippen molar-refractivity contribution in [1.82, 2.24) is 14.9 Å². The van der Waals surface area contributed by atoms with Crippen molar-refractivity contribution < 1.29 is 4.74 Å². The predicted octanol–water partition coefficient (Wildman–Crippen LogP) is 1.98. The fourth-order valence-corrected chi connectivity index (χ4v) is 2.41. The molecule has 0 radical (unpaired) electrons. The summed E-state index contributed by atoms with van der Waals surface area (Å²) in [5, 5.41) is 3.07. The van der Waals surface area contributed by atoms with Crippen LogP contribution in [0.5, 0.6) is 0 Å². The third kappa shape index (κ3) is 2.81. The summed E-state index contributed by atoms with van der Waals surface area (Å²) in [4.78, 5) is 11.4. The molecule has 1 aromatic rings. The van der Waals surface area contributed by atoms with Crippen molar-refractivity contribution >= 4 is 21.7 Å². The first kappa shape index (κ1) is 13.7. The Kier molecular flexibility index (Phi) is 4.53. The molecule has 1 aromatic heterocycles. The van der Waals surface area contributed by atoms with Gasteiger partial charge in [-0.1, -0.05) is 6.92 Å². The van der Waals surface area contributed by atoms with Gasteiger partial charge in [0.2, 0.25) is 0 Å². The van der Waals surface area contributed by atoms with Crippen LogP contribution in [-0.4, -0.2) is 48.2 Å². The van der Waals surface area contributed by atoms with E-state index in [2.05, 4.69) is 43.0 Å². The lowest BCUT2D eigenvalue weighted by Gasteiger charge is -2.31. The van der Waals surface area contributed by atoms with E-state index in [1.807, 2.05) is 14.0 Å². The lowest BCUT2D eigenvalue weighted by Crippen LogP contribution is -2.38. The van der Waals surface area contributed by atoms with Gasteiger partial charge in [0.25, 0.3) is 0 Å². The minimum atomic E-state index is -0.0300. The summed E-state index contributed by atoms with van der Waals surface area (Å²) in [6.07, 6.45) is -0.0300. The normalized spacial score (nSPS) is 21.0. The van der Waals surface area contributed by atoms with E-state index in [1.165, 1.54) is 0 Å². The summed E-state index contributed by atoms with van der Waals surface area (Å²) in [6.45, 7) is 7.76. The molecule has 0 aromatic carbocycles. The number of anilines is 1. The number of halogens is 1. The van der Waals surface area contributed by atoms with Gasteiger partial charge in [0.15, 0.2) is 5.82 Å². The van der Waals surface area contributed by atoms with Crippen LogP contribution in [-0.2, 0) is 4.74 Å². The Morgan fingerprint density at radius 3 is 2.94 bits per heavy atom. The summed E-state index contributed by atoms with van der Waals surface area (Å²) in [6, 6.07) is 0. The van der Waals surface area contributed by atoms with Crippen LogP contribution in [0.4, 0.5) is 5.82 Å². The van der Waals surface area contributed by atoms with Gasteiger partial charge in [-0.25, -0.2) is 9.97 Å². The molecule has 1 aliphatic heterocycles. The quantitative estimate of drug-likeness (QED) is 0.924. The van der Waals surface area contributed by atoms with E-state index >= 15 is 0 Å². The van der Waals surface area contributed by atoms with Gasteiger partial charge in [-0.2, -0.15) is 0 Å². The molecule has 1 aliphatic rings. The molecule has 0 spiro atoms. The molecule has 1 N–H and O–H groups in total. The Hall–Kier alpha value is -0.720. The van der Waals surface area contributed by atoms with Crippen molar-refractivity contribution in [2.24, 2.45) is 0 Å². The third-order valence-electron chi connectivity index (χ3n) is 3.16. The van der Waals surface area contributed by atoms with E-state index in [1.54, 1.807) is 0 Å². The summed E-state index contributed by atoms with van der Waals surface area (Å²) in [5.41, 5.74) is 0.932. The number of nitrogens with zero attached hydrogens (tertiary/aromatic N) is 3. The molecular weight excluding hydrogens is 296 g/mol. The molecule has 2 heterocycles. The van der Waals surface area contributed by atoms with Gasteiger partial charge in [0.05, 0.1) is 16.8 Å². The van der Waals surface area contributed by atoms with Gasteiger partial charge in [-0.3, -0.25) is 4.90 Å². The number of nitrogens with one attached hydrogen (secondary N) is 1. The number of hydrogen-bond acceptors (Lipinski definition) is 5. The molecule has 1 saturated heterocycles. The van der Waals surface area contributed by atoms with E-state index in [9.17, 15) is 0 Å². The van der Waals surface area contributed by atoms with Crippen LogP contribution >= 0.6 is 15.9 Å². The fourth-order valence-electron chi connectivity index (χ4n) is 2.04. The number of morpholine rings is 1. The van der Waals surface area contributed by atoms with Crippen LogP contribution in [0.2, 0.25) is 0 Å². The predicted molar refractivity (Wildman–Crippen MR) is 74.8 cm³/mol. The van der Waals surface area contributed by atoms with Crippen molar-refractivity contribution in [1.29, 1.82) is 0 Å². The highest BCUT2D eigenvalue weighted by atomic mass is 79.9. The number of rotatable bonds is 3. The molecule has 1 unspecified atom stereocenters. The topological polar surface area (TPSA) is 50.3 Å². The SMILES string of the molecule is CCN1CCOC(c2nc(C)c(Br)c(NC)n2)C1. The molecule has 100 valence electrons. The largest absolute Gasteiger partial charge is 0.372 e. The summed E-state index contributed by atoms with van der Waals surface area (Å²) >= 11 is 3.49. The van der Waals surface area contributed by atoms with Crippen molar-refractivity contribution in [2.75, 3.05) is 38.6 Å². The van der Waals surface area contributed by atoms with Crippen molar-refractivity contribution in [3.05, 3.63) is 16.0 Å². The van der Waals surface area contributed by atoms with Crippen LogP contribution in [0.3, 0.4) is 0 Å². The Morgan fingerprint density at radius 1 is 1.50 bits per heavy atom. The van der Waals surface area contributed by atoms with E-state index in [0.29, 0.717) is 0 Å². The maximum Gasteiger partial charge on any atom is 0.161 e. The zero-order chi connectivity index (χ0) is 13.1. The van der Waals surface area contributed by atoms with E-state index in [4.69, 9.17) is 4.74 Å². The highest BCUT2D eigenvalue weighted by molar-refractivity contribution is 9.10. The second-order valence-corrected chi connectivity index (χ2v) is 5.13. The first-order valence-corrected chi connectivity index (χ1v) is 7.00. The number of hydrogen-bond donors (Lipinski definition) is 1. The lowest BCUT2D eigenvalue weighted by molar-refractivity contribution is -0.0325.